The summed E-state index contributed by atoms with van der Waals surface area (Å²) >= 11 is 0. The molecule has 6 fully saturated rings. The third-order valence-electron chi connectivity index (χ3n) is 16.1. The molecule has 2 aromatic carbocycles. The number of nitrogens with zero attached hydrogens (tertiary/aromatic N) is 8. The number of carbonyl (C=O) groups excluding carboxylic acids is 3. The van der Waals surface area contributed by atoms with E-state index >= 15 is 0 Å². The Hall–Kier alpha value is -5.27. The summed E-state index contributed by atoms with van der Waals surface area (Å²) < 4.78 is 0. The molecule has 5 aliphatic heterocycles. The summed E-state index contributed by atoms with van der Waals surface area (Å²) in [7, 11) is 1.88. The minimum Gasteiger partial charge on any atom is -0.507 e. The number of carbonyl (C=O) groups is 3. The van der Waals surface area contributed by atoms with Crippen LogP contribution < -0.4 is 20.9 Å². The summed E-state index contributed by atoms with van der Waals surface area (Å²) in [6, 6.07) is 17.5. The molecule has 15 heteroatoms. The van der Waals surface area contributed by atoms with Gasteiger partial charge >= 0.3 is 0 Å². The van der Waals surface area contributed by atoms with E-state index in [0.717, 1.165) is 68.3 Å². The number of anilines is 2. The number of terminal acetylenes is 1. The van der Waals surface area contributed by atoms with Gasteiger partial charge in [-0.2, -0.15) is 0 Å². The van der Waals surface area contributed by atoms with Gasteiger partial charge in [-0.3, -0.25) is 24.2 Å². The van der Waals surface area contributed by atoms with Crippen LogP contribution in [0.5, 0.6) is 5.75 Å². The number of piperidine rings is 2. The first-order chi connectivity index (χ1) is 32.8. The van der Waals surface area contributed by atoms with E-state index in [1.807, 2.05) is 70.3 Å². The monoisotopic (exact) mass is 928 g/mol. The summed E-state index contributed by atoms with van der Waals surface area (Å²) in [5.41, 5.74) is 3.93. The maximum Gasteiger partial charge on any atom is 0.246 e. The maximum atomic E-state index is 14.1. The second-order valence-corrected chi connectivity index (χ2v) is 21.6. The predicted octanol–water partition coefficient (Wildman–Crippen LogP) is 4.23. The molecule has 0 radical (unpaired) electrons. The molecular formula is C53H73N11O4. The quantitative estimate of drug-likeness (QED) is 0.182. The summed E-state index contributed by atoms with van der Waals surface area (Å²) in [6.07, 6.45) is 14.2. The molecule has 3 amide bonds. The number of likely N-dealkylation sites (tertiary alicyclic amines) is 4. The Kier molecular flexibility index (Phi) is 14.3. The lowest BCUT2D eigenvalue weighted by molar-refractivity contribution is -0.146. The standard InChI is InChI=1S/C53H73N11O4/c1-6-37-13-15-38(16-14-37)33-55-50(67)44-11-9-21-64(44)51(68)48(52(2,3)4)56-47(66)34-59-35-53(36-59)31-41(32-53)61-24-19-39(20-25-61)60-22-17-40(18-23-60)62-26-28-63(29-27-62)45-30-43(57-58-49(45)54-5)42-10-7-8-12-46(42)65/h1,7-8,10,12-16,30,39-41,44,48,65H,9,11,17-29,31-36H2,2-5H3,(H,54,58)(H,55,67)(H,56,66). The molecule has 1 aromatic heterocycles. The van der Waals surface area contributed by atoms with E-state index in [0.29, 0.717) is 54.3 Å². The van der Waals surface area contributed by atoms with E-state index in [1.165, 1.54) is 64.7 Å². The lowest BCUT2D eigenvalue weighted by atomic mass is 9.60. The summed E-state index contributed by atoms with van der Waals surface area (Å²) in [5, 5.41) is 28.7. The fourth-order valence-corrected chi connectivity index (χ4v) is 12.2. The molecule has 2 atom stereocenters. The number of rotatable bonds is 13. The van der Waals surface area contributed by atoms with Gasteiger partial charge in [0.1, 0.15) is 17.8 Å². The van der Waals surface area contributed by atoms with Crippen molar-refractivity contribution in [2.45, 2.75) is 109 Å². The fraction of sp³-hybridized carbons (Fsp3) is 0.604. The Labute approximate surface area is 403 Å². The van der Waals surface area contributed by atoms with Gasteiger partial charge < -0.3 is 40.7 Å². The van der Waals surface area contributed by atoms with Gasteiger partial charge in [-0.25, -0.2) is 0 Å². The SMILES string of the molecule is C#Cc1ccc(CNC(=O)C2CCCN2C(=O)C(NC(=O)CN2CC3(CC(N4CCC(N5CCC(N6CCN(c7cc(-c8ccccc8O)nnc7NC)CC6)CC5)CC4)C3)C2)C(C)(C)C)cc1. The van der Waals surface area contributed by atoms with Gasteiger partial charge in [-0.05, 0) is 124 Å². The van der Waals surface area contributed by atoms with Gasteiger partial charge in [-0.1, -0.05) is 51.0 Å². The van der Waals surface area contributed by atoms with Crippen LogP contribution in [0, 0.1) is 23.2 Å². The van der Waals surface area contributed by atoms with Gasteiger partial charge in [0.15, 0.2) is 5.82 Å². The molecule has 6 heterocycles. The molecule has 6 aliphatic rings. The maximum absolute atomic E-state index is 14.1. The number of benzene rings is 2. The van der Waals surface area contributed by atoms with Gasteiger partial charge in [0.05, 0.1) is 17.9 Å². The second kappa shape index (κ2) is 20.4. The largest absolute Gasteiger partial charge is 0.507 e. The number of phenolic OH excluding ortho intramolecular Hbond substituents is 1. The molecule has 0 bridgehead atoms. The van der Waals surface area contributed by atoms with E-state index < -0.39 is 17.5 Å². The van der Waals surface area contributed by atoms with E-state index in [9.17, 15) is 19.5 Å². The average molecular weight is 928 g/mol. The lowest BCUT2D eigenvalue weighted by Crippen LogP contribution is -2.68. The van der Waals surface area contributed by atoms with Crippen LogP contribution in [0.2, 0.25) is 0 Å². The normalized spacial score (nSPS) is 22.8. The summed E-state index contributed by atoms with van der Waals surface area (Å²) in [5.74, 6) is 3.10. The van der Waals surface area contributed by atoms with Crippen molar-refractivity contribution in [3.8, 4) is 29.4 Å². The average Bonchev–Trinajstić information content (AvgIpc) is 3.83. The number of phenols is 1. The zero-order chi connectivity index (χ0) is 47.6. The first-order valence-corrected chi connectivity index (χ1v) is 25.3. The predicted molar refractivity (Wildman–Crippen MR) is 266 cm³/mol. The van der Waals surface area contributed by atoms with Gasteiger partial charge in [0.2, 0.25) is 17.7 Å². The Morgan fingerprint density at radius 1 is 0.824 bits per heavy atom. The van der Waals surface area contributed by atoms with Crippen molar-refractivity contribution in [3.05, 3.63) is 65.7 Å². The van der Waals surface area contributed by atoms with Gasteiger partial charge in [0, 0.05) is 88.7 Å². The number of para-hydroxylation sites is 1. The fourth-order valence-electron chi connectivity index (χ4n) is 12.2. The highest BCUT2D eigenvalue weighted by Crippen LogP contribution is 2.50. The zero-order valence-corrected chi connectivity index (χ0v) is 40.8. The molecule has 4 N–H and O–H groups in total. The third kappa shape index (κ3) is 10.5. The molecule has 364 valence electrons. The summed E-state index contributed by atoms with van der Waals surface area (Å²) in [4.78, 5) is 55.5. The summed E-state index contributed by atoms with van der Waals surface area (Å²) in [6.45, 7) is 17.6. The van der Waals surface area contributed by atoms with Crippen molar-refractivity contribution in [2.24, 2.45) is 10.8 Å². The molecule has 1 saturated carbocycles. The number of amides is 3. The van der Waals surface area contributed by atoms with Crippen LogP contribution in [0.4, 0.5) is 11.5 Å². The lowest BCUT2D eigenvalue weighted by Gasteiger charge is -2.61. The first-order valence-electron chi connectivity index (χ1n) is 25.3. The highest BCUT2D eigenvalue weighted by Gasteiger charge is 2.54. The number of aromatic nitrogens is 2. The molecule has 68 heavy (non-hydrogen) atoms. The van der Waals surface area contributed by atoms with E-state index in [-0.39, 0.29) is 30.0 Å². The van der Waals surface area contributed by atoms with Crippen LogP contribution in [0.1, 0.15) is 83.3 Å². The number of hydrogen-bond acceptors (Lipinski definition) is 12. The van der Waals surface area contributed by atoms with Gasteiger partial charge in [-0.15, -0.1) is 16.6 Å². The smallest absolute Gasteiger partial charge is 0.246 e. The number of aromatic hydroxyl groups is 1. The minimum absolute atomic E-state index is 0.128. The molecule has 15 nitrogen and oxygen atoms in total. The van der Waals surface area contributed by atoms with E-state index in [2.05, 4.69) is 62.6 Å². The third-order valence-corrected chi connectivity index (χ3v) is 16.1. The van der Waals surface area contributed by atoms with Crippen LogP contribution in [0.25, 0.3) is 11.3 Å². The molecular weight excluding hydrogens is 855 g/mol. The van der Waals surface area contributed by atoms with Crippen molar-refractivity contribution < 1.29 is 19.5 Å². The van der Waals surface area contributed by atoms with Crippen LogP contribution in [-0.4, -0.2) is 173 Å². The second-order valence-electron chi connectivity index (χ2n) is 21.6. The Bertz CT molecular complexity index is 2290. The van der Waals surface area contributed by atoms with Crippen LogP contribution in [0.15, 0.2) is 54.6 Å². The Balaban J connectivity index is 0.668. The zero-order valence-electron chi connectivity index (χ0n) is 40.8. The van der Waals surface area contributed by atoms with Crippen molar-refractivity contribution >= 4 is 29.2 Å². The van der Waals surface area contributed by atoms with Crippen molar-refractivity contribution in [2.75, 3.05) is 95.8 Å². The number of piperazine rings is 1. The van der Waals surface area contributed by atoms with Crippen LogP contribution in [-0.2, 0) is 20.9 Å². The van der Waals surface area contributed by atoms with Crippen molar-refractivity contribution in [3.63, 3.8) is 0 Å². The van der Waals surface area contributed by atoms with E-state index in [1.54, 1.807) is 11.0 Å². The molecule has 9 rings (SSSR count). The Morgan fingerprint density at radius 3 is 2.07 bits per heavy atom. The highest BCUT2D eigenvalue weighted by atomic mass is 16.3. The minimum atomic E-state index is -0.726. The molecule has 2 unspecified atom stereocenters. The number of nitrogens with one attached hydrogen (secondary N) is 3. The molecule has 1 aliphatic carbocycles. The molecule has 3 aromatic rings. The molecule has 1 spiro atoms. The molecule has 5 saturated heterocycles. The van der Waals surface area contributed by atoms with Crippen molar-refractivity contribution in [1.29, 1.82) is 0 Å². The highest BCUT2D eigenvalue weighted by molar-refractivity contribution is 5.93. The van der Waals surface area contributed by atoms with Crippen LogP contribution in [0.3, 0.4) is 0 Å². The van der Waals surface area contributed by atoms with Crippen molar-refractivity contribution in [1.82, 2.24) is 45.3 Å². The topological polar surface area (TPSA) is 153 Å². The van der Waals surface area contributed by atoms with Gasteiger partial charge in [0.25, 0.3) is 0 Å². The van der Waals surface area contributed by atoms with E-state index in [4.69, 9.17) is 6.42 Å². The Morgan fingerprint density at radius 2 is 1.46 bits per heavy atom. The number of hydrogen-bond donors (Lipinski definition) is 4. The first kappa shape index (κ1) is 47.8. The van der Waals surface area contributed by atoms with Crippen LogP contribution >= 0.6 is 0 Å².